The lowest BCUT2D eigenvalue weighted by molar-refractivity contribution is -0.132. The number of amides is 1. The quantitative estimate of drug-likeness (QED) is 0.844. The van der Waals surface area contributed by atoms with Crippen molar-refractivity contribution >= 4 is 5.91 Å². The SMILES string of the molecule is COc1cccc2c1OCCCN(C(=O)CCc1c(C)nn(C)c1C)C2. The number of fused-ring (bicyclic) bond motifs is 1. The van der Waals surface area contributed by atoms with E-state index in [0.29, 0.717) is 26.1 Å². The Labute approximate surface area is 154 Å². The lowest BCUT2D eigenvalue weighted by atomic mass is 10.1. The van der Waals surface area contributed by atoms with Crippen LogP contribution in [0.1, 0.15) is 35.4 Å². The van der Waals surface area contributed by atoms with Crippen molar-refractivity contribution in [3.63, 3.8) is 0 Å². The first-order valence-electron chi connectivity index (χ1n) is 9.06. The molecule has 1 aromatic carbocycles. The maximum Gasteiger partial charge on any atom is 0.223 e. The number of nitrogens with zero attached hydrogens (tertiary/aromatic N) is 3. The molecule has 0 aliphatic carbocycles. The van der Waals surface area contributed by atoms with Crippen LogP contribution >= 0.6 is 0 Å². The number of aryl methyl sites for hydroxylation is 2. The molecule has 0 fully saturated rings. The van der Waals surface area contributed by atoms with Crippen molar-refractivity contribution in [2.75, 3.05) is 20.3 Å². The molecule has 1 aliphatic heterocycles. The van der Waals surface area contributed by atoms with Crippen molar-refractivity contribution in [2.45, 2.75) is 39.7 Å². The molecular formula is C20H27N3O3. The number of ether oxygens (including phenoxy) is 2. The van der Waals surface area contributed by atoms with Crippen LogP contribution in [0.5, 0.6) is 11.5 Å². The van der Waals surface area contributed by atoms with Crippen molar-refractivity contribution < 1.29 is 14.3 Å². The Balaban J connectivity index is 1.72. The summed E-state index contributed by atoms with van der Waals surface area (Å²) in [7, 11) is 3.58. The fourth-order valence-corrected chi connectivity index (χ4v) is 3.51. The number of benzene rings is 1. The van der Waals surface area contributed by atoms with Crippen molar-refractivity contribution in [3.8, 4) is 11.5 Å². The van der Waals surface area contributed by atoms with E-state index in [1.165, 1.54) is 5.56 Å². The van der Waals surface area contributed by atoms with Gasteiger partial charge in [-0.15, -0.1) is 0 Å². The predicted molar refractivity (Wildman–Crippen MR) is 99.5 cm³/mol. The average molecular weight is 357 g/mol. The Morgan fingerprint density at radius 1 is 1.35 bits per heavy atom. The number of aromatic nitrogens is 2. The average Bonchev–Trinajstić information content (AvgIpc) is 2.85. The Morgan fingerprint density at radius 2 is 2.15 bits per heavy atom. The van der Waals surface area contributed by atoms with Crippen LogP contribution in [0.3, 0.4) is 0 Å². The highest BCUT2D eigenvalue weighted by Crippen LogP contribution is 2.33. The lowest BCUT2D eigenvalue weighted by Gasteiger charge is -2.27. The summed E-state index contributed by atoms with van der Waals surface area (Å²) in [5.74, 6) is 1.65. The lowest BCUT2D eigenvalue weighted by Crippen LogP contribution is -2.34. The van der Waals surface area contributed by atoms with Gasteiger partial charge < -0.3 is 14.4 Å². The van der Waals surface area contributed by atoms with E-state index in [9.17, 15) is 4.79 Å². The maximum atomic E-state index is 12.9. The molecule has 0 saturated heterocycles. The molecule has 1 aromatic heterocycles. The van der Waals surface area contributed by atoms with Crippen LogP contribution in [0.2, 0.25) is 0 Å². The van der Waals surface area contributed by atoms with Gasteiger partial charge in [-0.25, -0.2) is 0 Å². The summed E-state index contributed by atoms with van der Waals surface area (Å²) < 4.78 is 13.1. The minimum Gasteiger partial charge on any atom is -0.493 e. The molecule has 140 valence electrons. The van der Waals surface area contributed by atoms with Crippen LogP contribution < -0.4 is 9.47 Å². The third-order valence-corrected chi connectivity index (χ3v) is 5.06. The highest BCUT2D eigenvalue weighted by atomic mass is 16.5. The molecule has 6 nitrogen and oxygen atoms in total. The third-order valence-electron chi connectivity index (χ3n) is 5.06. The number of rotatable bonds is 4. The second kappa shape index (κ2) is 7.81. The van der Waals surface area contributed by atoms with Crippen molar-refractivity contribution in [1.82, 2.24) is 14.7 Å². The minimum absolute atomic E-state index is 0.170. The molecule has 1 amide bonds. The summed E-state index contributed by atoms with van der Waals surface area (Å²) in [6.07, 6.45) is 2.03. The third kappa shape index (κ3) is 3.69. The van der Waals surface area contributed by atoms with E-state index in [1.807, 2.05) is 41.8 Å². The van der Waals surface area contributed by atoms with Crippen molar-refractivity contribution in [2.24, 2.45) is 7.05 Å². The maximum absolute atomic E-state index is 12.9. The van der Waals surface area contributed by atoms with Crippen LogP contribution in [0.25, 0.3) is 0 Å². The Morgan fingerprint density at radius 3 is 2.85 bits per heavy atom. The fraction of sp³-hybridized carbons (Fsp3) is 0.500. The molecule has 0 N–H and O–H groups in total. The second-order valence-electron chi connectivity index (χ2n) is 6.74. The molecular weight excluding hydrogens is 330 g/mol. The smallest absolute Gasteiger partial charge is 0.223 e. The highest BCUT2D eigenvalue weighted by Gasteiger charge is 2.21. The standard InChI is InChI=1S/C20H27N3O3/c1-14-17(15(2)22(3)21-14)9-10-19(24)23-11-6-12-26-20-16(13-23)7-5-8-18(20)25-4/h5,7-8H,6,9-13H2,1-4H3. The molecule has 0 radical (unpaired) electrons. The van der Waals surface area contributed by atoms with E-state index in [2.05, 4.69) is 12.0 Å². The molecule has 6 heteroatoms. The van der Waals surface area contributed by atoms with Crippen molar-refractivity contribution in [3.05, 3.63) is 40.7 Å². The van der Waals surface area contributed by atoms with Gasteiger partial charge in [0.25, 0.3) is 0 Å². The van der Waals surface area contributed by atoms with E-state index >= 15 is 0 Å². The van der Waals surface area contributed by atoms with Gasteiger partial charge in [0.2, 0.25) is 5.91 Å². The molecule has 1 aliphatic rings. The van der Waals surface area contributed by atoms with Gasteiger partial charge in [-0.3, -0.25) is 9.48 Å². The Bertz CT molecular complexity index is 798. The molecule has 0 atom stereocenters. The first-order valence-corrected chi connectivity index (χ1v) is 9.06. The van der Waals surface area contributed by atoms with E-state index in [4.69, 9.17) is 9.47 Å². The van der Waals surface area contributed by atoms with Crippen LogP contribution in [0, 0.1) is 13.8 Å². The van der Waals surface area contributed by atoms with Crippen LogP contribution in [-0.2, 0) is 24.8 Å². The monoisotopic (exact) mass is 357 g/mol. The van der Waals surface area contributed by atoms with Gasteiger partial charge in [-0.2, -0.15) is 5.10 Å². The first kappa shape index (κ1) is 18.3. The Hall–Kier alpha value is -2.50. The zero-order valence-corrected chi connectivity index (χ0v) is 16.0. The topological polar surface area (TPSA) is 56.6 Å². The number of carbonyl (C=O) groups is 1. The Kier molecular flexibility index (Phi) is 5.49. The van der Waals surface area contributed by atoms with Gasteiger partial charge in [0.1, 0.15) is 0 Å². The fourth-order valence-electron chi connectivity index (χ4n) is 3.51. The summed E-state index contributed by atoms with van der Waals surface area (Å²) in [6.45, 7) is 5.90. The molecule has 3 rings (SSSR count). The summed E-state index contributed by atoms with van der Waals surface area (Å²) in [5.41, 5.74) is 4.31. The zero-order chi connectivity index (χ0) is 18.7. The number of carbonyl (C=O) groups excluding carboxylic acids is 1. The van der Waals surface area contributed by atoms with Gasteiger partial charge in [-0.1, -0.05) is 12.1 Å². The number of hydrogen-bond acceptors (Lipinski definition) is 4. The largest absolute Gasteiger partial charge is 0.493 e. The van der Waals surface area contributed by atoms with E-state index < -0.39 is 0 Å². The van der Waals surface area contributed by atoms with Crippen LogP contribution in [-0.4, -0.2) is 40.8 Å². The van der Waals surface area contributed by atoms with Gasteiger partial charge >= 0.3 is 0 Å². The number of para-hydroxylation sites is 1. The summed E-state index contributed by atoms with van der Waals surface area (Å²) in [5, 5.41) is 4.44. The minimum atomic E-state index is 0.170. The van der Waals surface area contributed by atoms with Gasteiger partial charge in [-0.05, 0) is 38.3 Å². The summed E-state index contributed by atoms with van der Waals surface area (Å²) in [6, 6.07) is 5.83. The van der Waals surface area contributed by atoms with Crippen molar-refractivity contribution in [1.29, 1.82) is 0 Å². The molecule has 0 bridgehead atoms. The first-order chi connectivity index (χ1) is 12.5. The van der Waals surface area contributed by atoms with Crippen LogP contribution in [0.15, 0.2) is 18.2 Å². The van der Waals surface area contributed by atoms with Gasteiger partial charge in [0.05, 0.1) is 19.4 Å². The van der Waals surface area contributed by atoms with E-state index in [1.54, 1.807) is 7.11 Å². The molecule has 0 saturated carbocycles. The molecule has 2 aromatic rings. The highest BCUT2D eigenvalue weighted by molar-refractivity contribution is 5.76. The molecule has 0 unspecified atom stereocenters. The predicted octanol–water partition coefficient (Wildman–Crippen LogP) is 2.79. The van der Waals surface area contributed by atoms with Crippen LogP contribution in [0.4, 0.5) is 0 Å². The van der Waals surface area contributed by atoms with Gasteiger partial charge in [0, 0.05) is 37.8 Å². The normalized spacial score (nSPS) is 14.2. The molecule has 2 heterocycles. The summed E-state index contributed by atoms with van der Waals surface area (Å²) >= 11 is 0. The van der Waals surface area contributed by atoms with E-state index in [0.717, 1.165) is 41.3 Å². The molecule has 0 spiro atoms. The second-order valence-corrected chi connectivity index (χ2v) is 6.74. The molecule has 26 heavy (non-hydrogen) atoms. The number of methoxy groups -OCH3 is 1. The van der Waals surface area contributed by atoms with Gasteiger partial charge in [0.15, 0.2) is 11.5 Å². The number of hydrogen-bond donors (Lipinski definition) is 0. The summed E-state index contributed by atoms with van der Waals surface area (Å²) in [4.78, 5) is 14.8. The van der Waals surface area contributed by atoms with E-state index in [-0.39, 0.29) is 5.91 Å². The zero-order valence-electron chi connectivity index (χ0n) is 16.0.